The highest BCUT2D eigenvalue weighted by atomic mass is 19.2. The Morgan fingerprint density at radius 2 is 1.17 bits per heavy atom. The molecule has 3 aromatic carbocycles. The van der Waals surface area contributed by atoms with Crippen LogP contribution in [0, 0.1) is 34.9 Å². The lowest BCUT2D eigenvalue weighted by atomic mass is 9.97. The molecule has 0 amide bonds. The third-order valence-corrected chi connectivity index (χ3v) is 4.75. The summed E-state index contributed by atoms with van der Waals surface area (Å²) in [5.41, 5.74) is 0.605. The Labute approximate surface area is 164 Å². The average Bonchev–Trinajstić information content (AvgIpc) is 2.68. The largest absolute Gasteiger partial charge is 0.206 e. The van der Waals surface area contributed by atoms with Crippen LogP contribution in [0.2, 0.25) is 0 Å². The molecule has 3 rings (SSSR count). The van der Waals surface area contributed by atoms with E-state index in [9.17, 15) is 26.3 Å². The van der Waals surface area contributed by atoms with Crippen LogP contribution in [0.4, 0.5) is 26.3 Å². The third-order valence-electron chi connectivity index (χ3n) is 4.75. The average molecular weight is 408 g/mol. The molecular formula is C23H18F6. The van der Waals surface area contributed by atoms with Gasteiger partial charge >= 0.3 is 0 Å². The van der Waals surface area contributed by atoms with Crippen molar-refractivity contribution in [3.63, 3.8) is 0 Å². The Hall–Kier alpha value is -2.76. The maximum Gasteiger partial charge on any atom is 0.194 e. The van der Waals surface area contributed by atoms with Gasteiger partial charge in [0.2, 0.25) is 0 Å². The molecule has 0 fully saturated rings. The maximum absolute atomic E-state index is 14.6. The lowest BCUT2D eigenvalue weighted by Gasteiger charge is -2.11. The van der Waals surface area contributed by atoms with E-state index in [2.05, 4.69) is 0 Å². The summed E-state index contributed by atoms with van der Waals surface area (Å²) in [4.78, 5) is 0. The first-order chi connectivity index (χ1) is 13.8. The molecule has 0 spiro atoms. The Balaban J connectivity index is 1.85. The van der Waals surface area contributed by atoms with Gasteiger partial charge in [-0.15, -0.1) is 0 Å². The molecule has 0 N–H and O–H groups in total. The predicted molar refractivity (Wildman–Crippen MR) is 99.5 cm³/mol. The van der Waals surface area contributed by atoms with E-state index in [0.29, 0.717) is 6.42 Å². The van der Waals surface area contributed by atoms with Gasteiger partial charge in [-0.1, -0.05) is 37.6 Å². The van der Waals surface area contributed by atoms with Crippen molar-refractivity contribution in [3.8, 4) is 11.1 Å². The van der Waals surface area contributed by atoms with E-state index < -0.39 is 34.9 Å². The van der Waals surface area contributed by atoms with Crippen LogP contribution in [0.15, 0.2) is 42.5 Å². The van der Waals surface area contributed by atoms with E-state index in [4.69, 9.17) is 0 Å². The van der Waals surface area contributed by atoms with Crippen LogP contribution in [0.1, 0.15) is 30.0 Å². The molecule has 0 unspecified atom stereocenters. The Kier molecular flexibility index (Phi) is 6.30. The molecule has 0 aliphatic carbocycles. The van der Waals surface area contributed by atoms with E-state index in [0.717, 1.165) is 24.1 Å². The van der Waals surface area contributed by atoms with Crippen LogP contribution in [-0.4, -0.2) is 0 Å². The summed E-state index contributed by atoms with van der Waals surface area (Å²) in [6.07, 6.45) is 1.42. The molecule has 0 heterocycles. The molecule has 29 heavy (non-hydrogen) atoms. The van der Waals surface area contributed by atoms with Crippen LogP contribution in [0.5, 0.6) is 0 Å². The summed E-state index contributed by atoms with van der Waals surface area (Å²) in [6.45, 7) is 1.95. The molecule has 0 aliphatic rings. The fourth-order valence-electron chi connectivity index (χ4n) is 3.24. The van der Waals surface area contributed by atoms with Crippen LogP contribution in [0.25, 0.3) is 11.1 Å². The van der Waals surface area contributed by atoms with Crippen molar-refractivity contribution in [2.45, 2.75) is 32.6 Å². The van der Waals surface area contributed by atoms with Gasteiger partial charge in [-0.05, 0) is 54.2 Å². The molecule has 0 aliphatic heterocycles. The molecule has 0 bridgehead atoms. The minimum atomic E-state index is -1.58. The number of hydrogen-bond donors (Lipinski definition) is 0. The summed E-state index contributed by atoms with van der Waals surface area (Å²) in [5.74, 6) is -7.25. The molecule has 0 atom stereocenters. The smallest absolute Gasteiger partial charge is 0.194 e. The normalized spacial score (nSPS) is 11.1. The minimum Gasteiger partial charge on any atom is -0.206 e. The highest BCUT2D eigenvalue weighted by molar-refractivity contribution is 5.66. The second-order valence-electron chi connectivity index (χ2n) is 6.84. The third kappa shape index (κ3) is 4.47. The number of aryl methyl sites for hydroxylation is 3. The highest BCUT2D eigenvalue weighted by Crippen LogP contribution is 2.30. The first-order valence-corrected chi connectivity index (χ1v) is 9.21. The summed E-state index contributed by atoms with van der Waals surface area (Å²) < 4.78 is 83.0. The topological polar surface area (TPSA) is 0 Å². The van der Waals surface area contributed by atoms with E-state index in [-0.39, 0.29) is 35.1 Å². The molecule has 0 nitrogen and oxygen atoms in total. The molecule has 0 aromatic heterocycles. The van der Waals surface area contributed by atoms with E-state index in [1.54, 1.807) is 6.07 Å². The Morgan fingerprint density at radius 3 is 1.79 bits per heavy atom. The van der Waals surface area contributed by atoms with Crippen molar-refractivity contribution < 1.29 is 26.3 Å². The van der Waals surface area contributed by atoms with Gasteiger partial charge in [-0.25, -0.2) is 26.3 Å². The van der Waals surface area contributed by atoms with Gasteiger partial charge in [0.25, 0.3) is 0 Å². The first-order valence-electron chi connectivity index (χ1n) is 9.21. The SMILES string of the molecule is CCCc1ccc(-c2ccc(CCc3cc(F)c(F)c(F)c3)c(F)c2F)c(F)c1. The van der Waals surface area contributed by atoms with E-state index in [1.807, 2.05) is 6.92 Å². The fraction of sp³-hybridized carbons (Fsp3) is 0.217. The quantitative estimate of drug-likeness (QED) is 0.307. The monoisotopic (exact) mass is 408 g/mol. The second kappa shape index (κ2) is 8.72. The van der Waals surface area contributed by atoms with Gasteiger partial charge in [0, 0.05) is 11.1 Å². The van der Waals surface area contributed by atoms with Gasteiger partial charge in [0.15, 0.2) is 29.1 Å². The van der Waals surface area contributed by atoms with Gasteiger partial charge < -0.3 is 0 Å². The van der Waals surface area contributed by atoms with Crippen molar-refractivity contribution in [2.75, 3.05) is 0 Å². The molecule has 0 radical (unpaired) electrons. The van der Waals surface area contributed by atoms with Crippen molar-refractivity contribution in [3.05, 3.63) is 94.1 Å². The number of halogens is 6. The standard InChI is InChI=1S/C23H18F6/c1-2-3-13-5-8-16(18(24)10-13)17-9-7-15(21(27)22(17)28)6-4-14-11-19(25)23(29)20(26)12-14/h5,7-12H,2-4,6H2,1H3. The minimum absolute atomic E-state index is 0.0239. The summed E-state index contributed by atoms with van der Waals surface area (Å²) in [5, 5.41) is 0. The summed E-state index contributed by atoms with van der Waals surface area (Å²) >= 11 is 0. The number of hydrogen-bond acceptors (Lipinski definition) is 0. The molecule has 152 valence electrons. The second-order valence-corrected chi connectivity index (χ2v) is 6.84. The Morgan fingerprint density at radius 1 is 0.552 bits per heavy atom. The van der Waals surface area contributed by atoms with Crippen LogP contribution >= 0.6 is 0 Å². The highest BCUT2D eigenvalue weighted by Gasteiger charge is 2.18. The maximum atomic E-state index is 14.6. The molecule has 0 saturated carbocycles. The van der Waals surface area contributed by atoms with Gasteiger partial charge in [0.1, 0.15) is 5.82 Å². The lowest BCUT2D eigenvalue weighted by molar-refractivity contribution is 0.445. The van der Waals surface area contributed by atoms with E-state index in [1.165, 1.54) is 24.3 Å². The number of benzene rings is 3. The first kappa shape index (κ1) is 21.0. The van der Waals surface area contributed by atoms with Gasteiger partial charge in [-0.2, -0.15) is 0 Å². The van der Waals surface area contributed by atoms with Crippen LogP contribution in [0.3, 0.4) is 0 Å². The fourth-order valence-corrected chi connectivity index (χ4v) is 3.24. The zero-order valence-electron chi connectivity index (χ0n) is 15.6. The van der Waals surface area contributed by atoms with Crippen molar-refractivity contribution in [1.29, 1.82) is 0 Å². The van der Waals surface area contributed by atoms with Crippen molar-refractivity contribution in [2.24, 2.45) is 0 Å². The number of rotatable bonds is 6. The van der Waals surface area contributed by atoms with Crippen molar-refractivity contribution in [1.82, 2.24) is 0 Å². The summed E-state index contributed by atoms with van der Waals surface area (Å²) in [6, 6.07) is 8.61. The van der Waals surface area contributed by atoms with Gasteiger partial charge in [-0.3, -0.25) is 0 Å². The summed E-state index contributed by atoms with van der Waals surface area (Å²) in [7, 11) is 0. The molecule has 3 aromatic rings. The van der Waals surface area contributed by atoms with Crippen molar-refractivity contribution >= 4 is 0 Å². The van der Waals surface area contributed by atoms with Gasteiger partial charge in [0.05, 0.1) is 0 Å². The predicted octanol–water partition coefficient (Wildman–Crippen LogP) is 6.93. The Bertz CT molecular complexity index is 1020. The van der Waals surface area contributed by atoms with Crippen LogP contribution < -0.4 is 0 Å². The van der Waals surface area contributed by atoms with Crippen LogP contribution in [-0.2, 0) is 19.3 Å². The molecule has 6 heteroatoms. The molecule has 0 saturated heterocycles. The zero-order chi connectivity index (χ0) is 21.1. The van der Waals surface area contributed by atoms with E-state index >= 15 is 0 Å². The zero-order valence-corrected chi connectivity index (χ0v) is 15.6. The lowest BCUT2D eigenvalue weighted by Crippen LogP contribution is -2.02. The molecular weight excluding hydrogens is 390 g/mol.